The molecule has 2 aromatic rings. The second kappa shape index (κ2) is 13.3. The molecule has 0 radical (unpaired) electrons. The highest BCUT2D eigenvalue weighted by Gasteiger charge is 2.24. The van der Waals surface area contributed by atoms with Gasteiger partial charge in [0, 0.05) is 64.1 Å². The summed E-state index contributed by atoms with van der Waals surface area (Å²) in [5.41, 5.74) is 3.36. The summed E-state index contributed by atoms with van der Waals surface area (Å²) in [5.74, 6) is 1.43. The smallest absolute Gasteiger partial charge is 0.222 e. The molecule has 1 atom stereocenters. The van der Waals surface area contributed by atoms with Crippen molar-refractivity contribution in [3.63, 3.8) is 0 Å². The number of ether oxygens (including phenoxy) is 1. The van der Waals surface area contributed by atoms with Crippen LogP contribution in [0.1, 0.15) is 53.4 Å². The first kappa shape index (κ1) is 27.5. The molecule has 1 unspecified atom stereocenters. The molecule has 11 heteroatoms. The number of hydrogen-bond acceptors (Lipinski definition) is 9. The topological polar surface area (TPSA) is 141 Å². The average molecular weight is 508 g/mol. The van der Waals surface area contributed by atoms with Crippen molar-refractivity contribution in [2.45, 2.75) is 45.2 Å². The number of aldehydes is 1. The number of anilines is 3. The van der Waals surface area contributed by atoms with Gasteiger partial charge in [0.1, 0.15) is 23.4 Å². The van der Waals surface area contributed by atoms with Gasteiger partial charge >= 0.3 is 0 Å². The molecular formula is C26H33N7O4. The molecule has 0 bridgehead atoms. The van der Waals surface area contributed by atoms with Crippen LogP contribution in [0.5, 0.6) is 0 Å². The summed E-state index contributed by atoms with van der Waals surface area (Å²) < 4.78 is 5.03. The van der Waals surface area contributed by atoms with E-state index in [9.17, 15) is 14.4 Å². The third kappa shape index (κ3) is 7.01. The third-order valence-corrected chi connectivity index (χ3v) is 6.18. The number of amides is 2. The summed E-state index contributed by atoms with van der Waals surface area (Å²) in [6.07, 6.45) is 6.17. The number of hydrogen-bond donors (Lipinski definition) is 2. The minimum Gasteiger partial charge on any atom is -0.383 e. The fourth-order valence-corrected chi connectivity index (χ4v) is 4.35. The fourth-order valence-electron chi connectivity index (χ4n) is 4.35. The van der Waals surface area contributed by atoms with Gasteiger partial charge in [-0.25, -0.2) is 9.97 Å². The van der Waals surface area contributed by atoms with E-state index in [2.05, 4.69) is 26.7 Å². The first-order chi connectivity index (χ1) is 17.9. The van der Waals surface area contributed by atoms with E-state index in [4.69, 9.17) is 10.00 Å². The van der Waals surface area contributed by atoms with Crippen molar-refractivity contribution in [1.29, 1.82) is 5.26 Å². The first-order valence-electron chi connectivity index (χ1n) is 12.2. The number of rotatable bonds is 9. The van der Waals surface area contributed by atoms with Gasteiger partial charge in [-0.1, -0.05) is 0 Å². The number of aryl methyl sites for hydroxylation is 1. The summed E-state index contributed by atoms with van der Waals surface area (Å²) >= 11 is 0. The van der Waals surface area contributed by atoms with E-state index >= 15 is 0 Å². The van der Waals surface area contributed by atoms with E-state index < -0.39 is 0 Å². The second-order valence-corrected chi connectivity index (χ2v) is 8.93. The Balaban J connectivity index is 0.000000214. The lowest BCUT2D eigenvalue weighted by Crippen LogP contribution is -2.30. The molecule has 2 aromatic heterocycles. The summed E-state index contributed by atoms with van der Waals surface area (Å²) in [6, 6.07) is 5.98. The molecule has 2 amide bonds. The minimum absolute atomic E-state index is 0.124. The van der Waals surface area contributed by atoms with Crippen LogP contribution in [0.15, 0.2) is 18.3 Å². The van der Waals surface area contributed by atoms with Crippen LogP contribution in [0, 0.1) is 11.3 Å². The van der Waals surface area contributed by atoms with Crippen molar-refractivity contribution in [3.05, 3.63) is 40.7 Å². The van der Waals surface area contributed by atoms with Gasteiger partial charge in [0.05, 0.1) is 17.9 Å². The highest BCUT2D eigenvalue weighted by Crippen LogP contribution is 2.27. The van der Waals surface area contributed by atoms with Gasteiger partial charge in [0.2, 0.25) is 12.3 Å². The van der Waals surface area contributed by atoms with Crippen LogP contribution in [-0.2, 0) is 27.3 Å². The maximum atomic E-state index is 11.7. The van der Waals surface area contributed by atoms with Crippen LogP contribution in [0.3, 0.4) is 0 Å². The Morgan fingerprint density at radius 3 is 2.65 bits per heavy atom. The maximum Gasteiger partial charge on any atom is 0.222 e. The Labute approximate surface area is 216 Å². The Hall–Kier alpha value is -4.04. The van der Waals surface area contributed by atoms with E-state index in [0.29, 0.717) is 49.5 Å². The number of aromatic nitrogens is 2. The van der Waals surface area contributed by atoms with Gasteiger partial charge in [-0.05, 0) is 37.8 Å². The molecule has 1 saturated heterocycles. The van der Waals surface area contributed by atoms with Crippen molar-refractivity contribution >= 4 is 35.9 Å². The summed E-state index contributed by atoms with van der Waals surface area (Å²) in [5, 5.41) is 15.1. The molecule has 2 aliphatic rings. The molecule has 37 heavy (non-hydrogen) atoms. The number of carbonyl (C=O) groups excluding carboxylic acids is 3. The predicted molar refractivity (Wildman–Crippen MR) is 139 cm³/mol. The van der Waals surface area contributed by atoms with E-state index in [1.165, 1.54) is 4.90 Å². The lowest BCUT2D eigenvalue weighted by Gasteiger charge is -2.26. The third-order valence-electron chi connectivity index (χ3n) is 6.18. The monoisotopic (exact) mass is 507 g/mol. The van der Waals surface area contributed by atoms with E-state index in [1.54, 1.807) is 25.3 Å². The predicted octanol–water partition coefficient (Wildman–Crippen LogP) is 2.37. The fraction of sp³-hybridized carbons (Fsp3) is 0.462. The Kier molecular flexibility index (Phi) is 9.92. The number of methoxy groups -OCH3 is 1. The highest BCUT2D eigenvalue weighted by molar-refractivity contribution is 5.82. The van der Waals surface area contributed by atoms with Crippen LogP contribution < -0.4 is 15.5 Å². The van der Waals surface area contributed by atoms with Crippen molar-refractivity contribution in [2.24, 2.45) is 0 Å². The molecule has 0 aliphatic carbocycles. The Bertz CT molecular complexity index is 1160. The molecule has 2 N–H and O–H groups in total. The molecule has 0 spiro atoms. The standard InChI is InChI=1S/C15H17N3O3.C11H16N4O/c19-9-13-12(8-17-5-2-4-14(17)21)7-11-3-1-6-18(10-20)15(11)16-13;1-8(7-16-3)15-10-4-11(13-2)14-6-9(10)5-12/h7,9-10H,1-6,8H2;4,6,8H,7H2,1-3H3,(H2,13,14,15). The average Bonchev–Trinajstić information content (AvgIpc) is 3.32. The number of fused-ring (bicyclic) bond motifs is 1. The van der Waals surface area contributed by atoms with Crippen molar-refractivity contribution in [1.82, 2.24) is 14.9 Å². The van der Waals surface area contributed by atoms with Crippen LogP contribution in [0.25, 0.3) is 0 Å². The lowest BCUT2D eigenvalue weighted by atomic mass is 10.0. The van der Waals surface area contributed by atoms with Gasteiger partial charge in [-0.2, -0.15) is 5.26 Å². The highest BCUT2D eigenvalue weighted by atomic mass is 16.5. The molecule has 0 aromatic carbocycles. The van der Waals surface area contributed by atoms with E-state index in [-0.39, 0.29) is 11.9 Å². The molecule has 2 aliphatic heterocycles. The van der Waals surface area contributed by atoms with Gasteiger partial charge in [0.15, 0.2) is 6.29 Å². The van der Waals surface area contributed by atoms with E-state index in [1.807, 2.05) is 19.1 Å². The summed E-state index contributed by atoms with van der Waals surface area (Å²) in [4.78, 5) is 45.8. The molecule has 4 rings (SSSR count). The van der Waals surface area contributed by atoms with E-state index in [0.717, 1.165) is 54.8 Å². The Morgan fingerprint density at radius 1 is 1.24 bits per heavy atom. The summed E-state index contributed by atoms with van der Waals surface area (Å²) in [7, 11) is 3.44. The second-order valence-electron chi connectivity index (χ2n) is 8.93. The molecule has 196 valence electrons. The number of nitrogens with one attached hydrogen (secondary N) is 2. The van der Waals surface area contributed by atoms with Crippen LogP contribution >= 0.6 is 0 Å². The zero-order chi connectivity index (χ0) is 26.8. The minimum atomic E-state index is 0.124. The van der Waals surface area contributed by atoms with Gasteiger partial charge in [-0.15, -0.1) is 0 Å². The van der Waals surface area contributed by atoms with Crippen LogP contribution in [-0.4, -0.2) is 73.4 Å². The summed E-state index contributed by atoms with van der Waals surface area (Å²) in [6.45, 7) is 4.36. The molecule has 11 nitrogen and oxygen atoms in total. The first-order valence-corrected chi connectivity index (χ1v) is 12.2. The van der Waals surface area contributed by atoms with Crippen molar-refractivity contribution < 1.29 is 19.1 Å². The molecular weight excluding hydrogens is 474 g/mol. The number of nitriles is 1. The maximum absolute atomic E-state index is 11.7. The quantitative estimate of drug-likeness (QED) is 0.489. The molecule has 4 heterocycles. The SMILES string of the molecule is CNc1cc(NC(C)COC)c(C#N)cn1.O=Cc1nc2c(cc1CN1CCCC1=O)CCCN2C=O. The zero-order valence-electron chi connectivity index (χ0n) is 21.5. The van der Waals surface area contributed by atoms with Crippen molar-refractivity contribution in [3.8, 4) is 6.07 Å². The van der Waals surface area contributed by atoms with Gasteiger partial charge < -0.3 is 20.3 Å². The zero-order valence-corrected chi connectivity index (χ0v) is 21.5. The largest absolute Gasteiger partial charge is 0.383 e. The normalized spacial score (nSPS) is 15.1. The van der Waals surface area contributed by atoms with Gasteiger partial charge in [-0.3, -0.25) is 19.3 Å². The van der Waals surface area contributed by atoms with Crippen LogP contribution in [0.2, 0.25) is 0 Å². The Morgan fingerprint density at radius 2 is 2.03 bits per heavy atom. The number of likely N-dealkylation sites (tertiary alicyclic amines) is 1. The van der Waals surface area contributed by atoms with Gasteiger partial charge in [0.25, 0.3) is 0 Å². The van der Waals surface area contributed by atoms with Crippen molar-refractivity contribution in [2.75, 3.05) is 49.4 Å². The molecule has 0 saturated carbocycles. The van der Waals surface area contributed by atoms with Crippen LogP contribution in [0.4, 0.5) is 17.3 Å². The molecule has 1 fully saturated rings. The number of pyridine rings is 2. The lowest BCUT2D eigenvalue weighted by molar-refractivity contribution is -0.128. The number of nitrogens with zero attached hydrogens (tertiary/aromatic N) is 5. The number of carbonyl (C=O) groups is 3.